The van der Waals surface area contributed by atoms with E-state index >= 15 is 0 Å². The molecule has 0 radical (unpaired) electrons. The van der Waals surface area contributed by atoms with Gasteiger partial charge in [-0.2, -0.15) is 4.31 Å². The van der Waals surface area contributed by atoms with Crippen molar-refractivity contribution in [3.8, 4) is 0 Å². The number of hydrogen-bond acceptors (Lipinski definition) is 4. The molecule has 5 nitrogen and oxygen atoms in total. The lowest BCUT2D eigenvalue weighted by atomic mass is 10.2. The highest BCUT2D eigenvalue weighted by molar-refractivity contribution is 9.10. The summed E-state index contributed by atoms with van der Waals surface area (Å²) in [5, 5.41) is -1.22. The Hall–Kier alpha value is -0.920. The summed E-state index contributed by atoms with van der Waals surface area (Å²) in [6, 6.07) is 7.32. The average Bonchev–Trinajstić information content (AvgIpc) is 2.39. The maximum atomic E-state index is 12.2. The van der Waals surface area contributed by atoms with Gasteiger partial charge in [-0.3, -0.25) is 4.79 Å². The first kappa shape index (κ1) is 16.1. The van der Waals surface area contributed by atoms with E-state index in [2.05, 4.69) is 20.7 Å². The Kier molecular flexibility index (Phi) is 5.51. The van der Waals surface area contributed by atoms with Gasteiger partial charge in [0.15, 0.2) is 5.25 Å². The topological polar surface area (TPSA) is 63.7 Å². The summed E-state index contributed by atoms with van der Waals surface area (Å²) in [6.07, 6.45) is 0. The molecule has 0 spiro atoms. The lowest BCUT2D eigenvalue weighted by Crippen LogP contribution is -2.39. The number of benzene rings is 1. The number of nitrogens with zero attached hydrogens (tertiary/aromatic N) is 1. The zero-order valence-corrected chi connectivity index (χ0v) is 13.4. The SMILES string of the molecule is COC(=O)C(C)S(=O)(=O)N(C)Cc1ccccc1Br. The molecule has 1 atom stereocenters. The van der Waals surface area contributed by atoms with Crippen molar-refractivity contribution >= 4 is 31.9 Å². The van der Waals surface area contributed by atoms with Crippen LogP contribution >= 0.6 is 15.9 Å². The Balaban J connectivity index is 2.92. The molecule has 1 aromatic rings. The minimum Gasteiger partial charge on any atom is -0.468 e. The van der Waals surface area contributed by atoms with Crippen LogP contribution in [0, 0.1) is 0 Å². The van der Waals surface area contributed by atoms with E-state index in [1.165, 1.54) is 21.1 Å². The smallest absolute Gasteiger partial charge is 0.325 e. The van der Waals surface area contributed by atoms with E-state index in [0.29, 0.717) is 0 Å². The number of carbonyl (C=O) groups is 1. The van der Waals surface area contributed by atoms with Crippen molar-refractivity contribution < 1.29 is 17.9 Å². The van der Waals surface area contributed by atoms with Gasteiger partial charge in [-0.25, -0.2) is 8.42 Å². The van der Waals surface area contributed by atoms with Crippen LogP contribution in [0.3, 0.4) is 0 Å². The van der Waals surface area contributed by atoms with Crippen molar-refractivity contribution in [1.82, 2.24) is 4.31 Å². The van der Waals surface area contributed by atoms with Gasteiger partial charge >= 0.3 is 5.97 Å². The van der Waals surface area contributed by atoms with E-state index in [9.17, 15) is 13.2 Å². The number of ether oxygens (including phenoxy) is 1. The molecule has 0 aliphatic heterocycles. The number of sulfonamides is 1. The Morgan fingerprint density at radius 2 is 2.00 bits per heavy atom. The minimum atomic E-state index is -3.73. The van der Waals surface area contributed by atoms with E-state index in [4.69, 9.17) is 0 Å². The molecule has 0 amide bonds. The molecule has 0 N–H and O–H groups in total. The van der Waals surface area contributed by atoms with E-state index in [-0.39, 0.29) is 6.54 Å². The van der Waals surface area contributed by atoms with Crippen LogP contribution < -0.4 is 0 Å². The number of esters is 1. The Morgan fingerprint density at radius 1 is 1.42 bits per heavy atom. The van der Waals surface area contributed by atoms with Gasteiger partial charge in [0.25, 0.3) is 0 Å². The van der Waals surface area contributed by atoms with Crippen molar-refractivity contribution in [3.63, 3.8) is 0 Å². The Morgan fingerprint density at radius 3 is 2.53 bits per heavy atom. The lowest BCUT2D eigenvalue weighted by molar-refractivity contribution is -0.139. The molecule has 0 heterocycles. The van der Waals surface area contributed by atoms with Crippen molar-refractivity contribution in [2.45, 2.75) is 18.7 Å². The maximum absolute atomic E-state index is 12.2. The predicted octanol–water partition coefficient (Wildman–Crippen LogP) is 1.77. The number of rotatable bonds is 5. The number of hydrogen-bond donors (Lipinski definition) is 0. The molecule has 0 saturated carbocycles. The first-order valence-electron chi connectivity index (χ1n) is 5.57. The summed E-state index contributed by atoms with van der Waals surface area (Å²) in [5.74, 6) is -0.765. The van der Waals surface area contributed by atoms with Crippen LogP contribution in [0.2, 0.25) is 0 Å². The van der Waals surface area contributed by atoms with Gasteiger partial charge in [0.05, 0.1) is 7.11 Å². The fourth-order valence-electron chi connectivity index (χ4n) is 1.51. The zero-order valence-electron chi connectivity index (χ0n) is 11.0. The molecule has 106 valence electrons. The van der Waals surface area contributed by atoms with Gasteiger partial charge in [0, 0.05) is 18.1 Å². The van der Waals surface area contributed by atoms with Crippen LogP contribution in [0.4, 0.5) is 0 Å². The van der Waals surface area contributed by atoms with Crippen LogP contribution in [-0.4, -0.2) is 38.1 Å². The summed E-state index contributed by atoms with van der Waals surface area (Å²) in [7, 11) is -1.12. The highest BCUT2D eigenvalue weighted by Gasteiger charge is 2.32. The standard InChI is InChI=1S/C12H16BrNO4S/c1-9(12(15)18-3)19(16,17)14(2)8-10-6-4-5-7-11(10)13/h4-7,9H,8H2,1-3H3. The Bertz CT molecular complexity index is 559. The highest BCUT2D eigenvalue weighted by atomic mass is 79.9. The summed E-state index contributed by atoms with van der Waals surface area (Å²) in [5.41, 5.74) is 0.825. The predicted molar refractivity (Wildman–Crippen MR) is 76.0 cm³/mol. The van der Waals surface area contributed by atoms with Gasteiger partial charge < -0.3 is 4.74 Å². The van der Waals surface area contributed by atoms with Crippen molar-refractivity contribution in [1.29, 1.82) is 0 Å². The first-order chi connectivity index (χ1) is 8.80. The van der Waals surface area contributed by atoms with Gasteiger partial charge in [-0.15, -0.1) is 0 Å². The van der Waals surface area contributed by atoms with Crippen molar-refractivity contribution in [2.75, 3.05) is 14.2 Å². The molecule has 0 aromatic heterocycles. The molecule has 1 aromatic carbocycles. The van der Waals surface area contributed by atoms with E-state index in [0.717, 1.165) is 14.3 Å². The quantitative estimate of drug-likeness (QED) is 0.760. The van der Waals surface area contributed by atoms with E-state index < -0.39 is 21.2 Å². The number of carbonyl (C=O) groups excluding carboxylic acids is 1. The van der Waals surface area contributed by atoms with Gasteiger partial charge in [0.1, 0.15) is 0 Å². The molecule has 1 unspecified atom stereocenters. The normalized spacial score (nSPS) is 13.3. The zero-order chi connectivity index (χ0) is 14.6. The summed E-state index contributed by atoms with van der Waals surface area (Å²) in [6.45, 7) is 1.50. The molecule has 19 heavy (non-hydrogen) atoms. The van der Waals surface area contributed by atoms with Gasteiger partial charge in [-0.05, 0) is 18.6 Å². The van der Waals surface area contributed by atoms with Crippen LogP contribution in [0.15, 0.2) is 28.7 Å². The molecule has 0 saturated heterocycles. The van der Waals surface area contributed by atoms with Gasteiger partial charge in [0.2, 0.25) is 10.0 Å². The summed E-state index contributed by atoms with van der Waals surface area (Å²) in [4.78, 5) is 11.3. The minimum absolute atomic E-state index is 0.186. The molecular formula is C12H16BrNO4S. The second-order valence-corrected chi connectivity index (χ2v) is 7.27. The number of methoxy groups -OCH3 is 1. The Labute approximate surface area is 121 Å². The third-order valence-electron chi connectivity index (χ3n) is 2.77. The van der Waals surface area contributed by atoms with Crippen LogP contribution in [0.5, 0.6) is 0 Å². The van der Waals surface area contributed by atoms with E-state index in [1.54, 1.807) is 0 Å². The second-order valence-electron chi connectivity index (χ2n) is 4.06. The first-order valence-corrected chi connectivity index (χ1v) is 7.86. The molecule has 0 aliphatic carbocycles. The number of halogens is 1. The fourth-order valence-corrected chi connectivity index (χ4v) is 3.12. The summed E-state index contributed by atoms with van der Waals surface area (Å²) >= 11 is 3.36. The lowest BCUT2D eigenvalue weighted by Gasteiger charge is -2.21. The second kappa shape index (κ2) is 6.49. The van der Waals surface area contributed by atoms with Crippen LogP contribution in [0.1, 0.15) is 12.5 Å². The molecular weight excluding hydrogens is 334 g/mol. The summed E-state index contributed by atoms with van der Waals surface area (Å²) < 4.78 is 30.8. The monoisotopic (exact) mass is 349 g/mol. The third-order valence-corrected chi connectivity index (χ3v) is 5.62. The van der Waals surface area contributed by atoms with Gasteiger partial charge in [-0.1, -0.05) is 34.1 Å². The largest absolute Gasteiger partial charge is 0.468 e. The fraction of sp³-hybridized carbons (Fsp3) is 0.417. The molecule has 0 aliphatic rings. The van der Waals surface area contributed by atoms with Crippen LogP contribution in [-0.2, 0) is 26.1 Å². The van der Waals surface area contributed by atoms with E-state index in [1.807, 2.05) is 24.3 Å². The molecule has 0 bridgehead atoms. The molecule has 7 heteroatoms. The molecule has 1 rings (SSSR count). The van der Waals surface area contributed by atoms with Crippen molar-refractivity contribution in [2.24, 2.45) is 0 Å². The average molecular weight is 350 g/mol. The molecule has 0 fully saturated rings. The maximum Gasteiger partial charge on any atom is 0.325 e. The van der Waals surface area contributed by atoms with Crippen LogP contribution in [0.25, 0.3) is 0 Å². The highest BCUT2D eigenvalue weighted by Crippen LogP contribution is 2.19. The van der Waals surface area contributed by atoms with Crippen molar-refractivity contribution in [3.05, 3.63) is 34.3 Å². The third kappa shape index (κ3) is 3.77.